The fraction of sp³-hybridized carbons (Fsp3) is 0.467. The number of amides is 1. The summed E-state index contributed by atoms with van der Waals surface area (Å²) in [5, 5.41) is 5.86. The highest BCUT2D eigenvalue weighted by Gasteiger charge is 2.26. The van der Waals surface area contributed by atoms with Gasteiger partial charge < -0.3 is 10.6 Å². The van der Waals surface area contributed by atoms with E-state index >= 15 is 0 Å². The second-order valence-corrected chi connectivity index (χ2v) is 5.17. The standard InChI is InChI=1S/C15H22N2O2/c1-5-13(18)11-6-8-12(9-7-11)17-10-15(2,3)14(19)16-4/h6-9,17H,5,10H2,1-4H3,(H,16,19). The maximum atomic E-state index is 11.6. The molecule has 0 atom stereocenters. The zero-order chi connectivity index (χ0) is 14.5. The lowest BCUT2D eigenvalue weighted by molar-refractivity contribution is -0.128. The Morgan fingerprint density at radius 1 is 1.16 bits per heavy atom. The van der Waals surface area contributed by atoms with Crippen LogP contribution in [0.1, 0.15) is 37.6 Å². The van der Waals surface area contributed by atoms with Crippen molar-refractivity contribution in [3.63, 3.8) is 0 Å². The molecule has 1 aromatic carbocycles. The predicted molar refractivity (Wildman–Crippen MR) is 77.4 cm³/mol. The lowest BCUT2D eigenvalue weighted by Gasteiger charge is -2.23. The highest BCUT2D eigenvalue weighted by Crippen LogP contribution is 2.17. The predicted octanol–water partition coefficient (Wildman–Crippen LogP) is 2.46. The molecule has 0 saturated heterocycles. The van der Waals surface area contributed by atoms with Gasteiger partial charge in [-0.2, -0.15) is 0 Å². The maximum Gasteiger partial charge on any atom is 0.227 e. The Morgan fingerprint density at radius 2 is 1.74 bits per heavy atom. The molecule has 0 aliphatic rings. The second-order valence-electron chi connectivity index (χ2n) is 5.17. The lowest BCUT2D eigenvalue weighted by Crippen LogP contribution is -2.39. The molecule has 0 aliphatic heterocycles. The normalized spacial score (nSPS) is 10.9. The first kappa shape index (κ1) is 15.2. The number of rotatable bonds is 6. The minimum Gasteiger partial charge on any atom is -0.384 e. The largest absolute Gasteiger partial charge is 0.384 e. The molecule has 4 nitrogen and oxygen atoms in total. The van der Waals surface area contributed by atoms with Gasteiger partial charge in [0.25, 0.3) is 0 Å². The van der Waals surface area contributed by atoms with E-state index in [4.69, 9.17) is 0 Å². The van der Waals surface area contributed by atoms with Crippen LogP contribution < -0.4 is 10.6 Å². The van der Waals surface area contributed by atoms with Crippen molar-refractivity contribution in [1.29, 1.82) is 0 Å². The molecule has 0 aliphatic carbocycles. The molecule has 0 unspecified atom stereocenters. The van der Waals surface area contributed by atoms with Crippen LogP contribution in [0.4, 0.5) is 5.69 Å². The third kappa shape index (κ3) is 4.09. The Labute approximate surface area is 114 Å². The van der Waals surface area contributed by atoms with Crippen LogP contribution in [0.2, 0.25) is 0 Å². The van der Waals surface area contributed by atoms with Crippen LogP contribution in [0.5, 0.6) is 0 Å². The Morgan fingerprint density at radius 3 is 2.21 bits per heavy atom. The number of ketones is 1. The molecule has 104 valence electrons. The van der Waals surface area contributed by atoms with Gasteiger partial charge in [-0.05, 0) is 38.1 Å². The van der Waals surface area contributed by atoms with Gasteiger partial charge in [-0.25, -0.2) is 0 Å². The van der Waals surface area contributed by atoms with Crippen molar-refractivity contribution in [1.82, 2.24) is 5.32 Å². The number of anilines is 1. The Bertz CT molecular complexity index is 450. The Balaban J connectivity index is 2.64. The van der Waals surface area contributed by atoms with Crippen LogP contribution >= 0.6 is 0 Å². The van der Waals surface area contributed by atoms with E-state index in [0.29, 0.717) is 13.0 Å². The van der Waals surface area contributed by atoms with Crippen molar-refractivity contribution in [2.45, 2.75) is 27.2 Å². The average molecular weight is 262 g/mol. The molecule has 0 fully saturated rings. The number of hydrogen-bond acceptors (Lipinski definition) is 3. The van der Waals surface area contributed by atoms with Crippen LogP contribution in [0.15, 0.2) is 24.3 Å². The monoisotopic (exact) mass is 262 g/mol. The van der Waals surface area contributed by atoms with Gasteiger partial charge in [0.2, 0.25) is 5.91 Å². The number of nitrogens with one attached hydrogen (secondary N) is 2. The molecular weight excluding hydrogens is 240 g/mol. The van der Waals surface area contributed by atoms with E-state index in [-0.39, 0.29) is 11.7 Å². The average Bonchev–Trinajstić information content (AvgIpc) is 2.43. The van der Waals surface area contributed by atoms with Crippen LogP contribution in [0.25, 0.3) is 0 Å². The summed E-state index contributed by atoms with van der Waals surface area (Å²) in [5.74, 6) is 0.134. The molecule has 4 heteroatoms. The fourth-order valence-electron chi connectivity index (χ4n) is 1.72. The molecule has 1 amide bonds. The molecule has 19 heavy (non-hydrogen) atoms. The fourth-order valence-corrected chi connectivity index (χ4v) is 1.72. The summed E-state index contributed by atoms with van der Waals surface area (Å²) in [6.07, 6.45) is 0.510. The molecule has 0 saturated carbocycles. The number of carbonyl (C=O) groups is 2. The summed E-state index contributed by atoms with van der Waals surface area (Å²) < 4.78 is 0. The number of carbonyl (C=O) groups excluding carboxylic acids is 2. The lowest BCUT2D eigenvalue weighted by atomic mass is 9.92. The van der Waals surface area contributed by atoms with Crippen molar-refractivity contribution < 1.29 is 9.59 Å². The van der Waals surface area contributed by atoms with Gasteiger partial charge in [-0.1, -0.05) is 6.92 Å². The smallest absolute Gasteiger partial charge is 0.227 e. The summed E-state index contributed by atoms with van der Waals surface area (Å²) >= 11 is 0. The molecule has 0 bridgehead atoms. The molecule has 0 spiro atoms. The topological polar surface area (TPSA) is 58.2 Å². The van der Waals surface area contributed by atoms with Crippen LogP contribution in [0, 0.1) is 5.41 Å². The Kier molecular flexibility index (Phi) is 5.10. The van der Waals surface area contributed by atoms with Crippen LogP contribution in [-0.2, 0) is 4.79 Å². The second kappa shape index (κ2) is 6.36. The molecule has 0 heterocycles. The summed E-state index contributed by atoms with van der Waals surface area (Å²) in [7, 11) is 1.63. The van der Waals surface area contributed by atoms with E-state index in [1.54, 1.807) is 19.2 Å². The minimum absolute atomic E-state index is 0.00205. The Hall–Kier alpha value is -1.84. The quantitative estimate of drug-likeness (QED) is 0.774. The summed E-state index contributed by atoms with van der Waals surface area (Å²) in [6, 6.07) is 7.34. The summed E-state index contributed by atoms with van der Waals surface area (Å²) in [6.45, 7) is 6.15. The van der Waals surface area contributed by atoms with Gasteiger partial charge in [0.15, 0.2) is 5.78 Å². The van der Waals surface area contributed by atoms with Gasteiger partial charge in [-0.3, -0.25) is 9.59 Å². The first-order chi connectivity index (χ1) is 8.90. The molecule has 1 rings (SSSR count). The minimum atomic E-state index is -0.480. The number of benzene rings is 1. The van der Waals surface area contributed by atoms with E-state index in [1.165, 1.54) is 0 Å². The molecular formula is C15H22N2O2. The van der Waals surface area contributed by atoms with Crippen molar-refractivity contribution >= 4 is 17.4 Å². The summed E-state index contributed by atoms with van der Waals surface area (Å²) in [4.78, 5) is 23.1. The van der Waals surface area contributed by atoms with Crippen LogP contribution in [-0.4, -0.2) is 25.3 Å². The van der Waals surface area contributed by atoms with E-state index < -0.39 is 5.41 Å². The number of Topliss-reactive ketones (excluding diaryl/α,β-unsaturated/α-hetero) is 1. The third-order valence-corrected chi connectivity index (χ3v) is 3.10. The molecule has 1 aromatic rings. The van der Waals surface area contributed by atoms with Crippen molar-refractivity contribution in [2.24, 2.45) is 5.41 Å². The van der Waals surface area contributed by atoms with E-state index in [2.05, 4.69) is 10.6 Å². The summed E-state index contributed by atoms with van der Waals surface area (Å²) in [5.41, 5.74) is 1.15. The highest BCUT2D eigenvalue weighted by molar-refractivity contribution is 5.96. The van der Waals surface area contributed by atoms with Gasteiger partial charge in [0, 0.05) is 31.3 Å². The number of hydrogen-bond donors (Lipinski definition) is 2. The highest BCUT2D eigenvalue weighted by atomic mass is 16.2. The van der Waals surface area contributed by atoms with Crippen molar-refractivity contribution in [2.75, 3.05) is 18.9 Å². The zero-order valence-electron chi connectivity index (χ0n) is 12.0. The van der Waals surface area contributed by atoms with Gasteiger partial charge in [0.05, 0.1) is 5.41 Å². The van der Waals surface area contributed by atoms with Gasteiger partial charge in [0.1, 0.15) is 0 Å². The van der Waals surface area contributed by atoms with Crippen molar-refractivity contribution in [3.05, 3.63) is 29.8 Å². The van der Waals surface area contributed by atoms with E-state index in [0.717, 1.165) is 11.3 Å². The van der Waals surface area contributed by atoms with E-state index in [1.807, 2.05) is 32.9 Å². The zero-order valence-corrected chi connectivity index (χ0v) is 12.0. The molecule has 2 N–H and O–H groups in total. The van der Waals surface area contributed by atoms with Crippen molar-refractivity contribution in [3.8, 4) is 0 Å². The molecule has 0 aromatic heterocycles. The van der Waals surface area contributed by atoms with Gasteiger partial charge >= 0.3 is 0 Å². The molecule has 0 radical (unpaired) electrons. The third-order valence-electron chi connectivity index (χ3n) is 3.10. The first-order valence-corrected chi connectivity index (χ1v) is 6.50. The van der Waals surface area contributed by atoms with Crippen LogP contribution in [0.3, 0.4) is 0 Å². The maximum absolute atomic E-state index is 11.6. The van der Waals surface area contributed by atoms with Gasteiger partial charge in [-0.15, -0.1) is 0 Å². The SMILES string of the molecule is CCC(=O)c1ccc(NCC(C)(C)C(=O)NC)cc1. The first-order valence-electron chi connectivity index (χ1n) is 6.50. The van der Waals surface area contributed by atoms with E-state index in [9.17, 15) is 9.59 Å².